The van der Waals surface area contributed by atoms with E-state index in [0.717, 1.165) is 51.4 Å². The van der Waals surface area contributed by atoms with Crippen molar-refractivity contribution < 1.29 is 24.5 Å². The molecule has 6 heteroatoms. The number of rotatable bonds is 70. The molecule has 0 heterocycles. The summed E-state index contributed by atoms with van der Waals surface area (Å²) in [5.74, 6) is -0.0222. The summed E-state index contributed by atoms with van der Waals surface area (Å²) in [5.41, 5.74) is 0. The van der Waals surface area contributed by atoms with Crippen molar-refractivity contribution in [2.75, 3.05) is 13.2 Å². The predicted octanol–water partition coefficient (Wildman–Crippen LogP) is 24.3. The maximum absolute atomic E-state index is 12.5. The van der Waals surface area contributed by atoms with Crippen molar-refractivity contribution in [3.63, 3.8) is 0 Å². The largest absolute Gasteiger partial charge is 0.466 e. The minimum atomic E-state index is -0.662. The van der Waals surface area contributed by atoms with Crippen molar-refractivity contribution in [3.8, 4) is 0 Å². The van der Waals surface area contributed by atoms with Crippen LogP contribution in [-0.4, -0.2) is 47.4 Å². The number of hydrogen-bond acceptors (Lipinski definition) is 5. The Morgan fingerprint density at radius 2 is 0.622 bits per heavy atom. The molecular formula is C76H145NO5. The molecule has 0 radical (unpaired) electrons. The number of allylic oxidation sites excluding steroid dienone is 6. The number of carbonyl (C=O) groups is 2. The van der Waals surface area contributed by atoms with Gasteiger partial charge < -0.3 is 20.3 Å². The van der Waals surface area contributed by atoms with Crippen LogP contribution in [-0.2, 0) is 14.3 Å². The zero-order valence-corrected chi connectivity index (χ0v) is 55.5. The molecule has 0 aromatic heterocycles. The van der Waals surface area contributed by atoms with Crippen molar-refractivity contribution in [1.82, 2.24) is 5.32 Å². The molecule has 2 atom stereocenters. The standard InChI is InChI=1S/C76H145NO5/c1-3-5-7-9-11-13-15-17-19-41-44-48-52-56-60-64-68-74(79)73(72-78)77-75(80)69-65-61-57-53-49-45-42-39-37-35-33-31-29-27-25-23-21-20-22-24-26-28-30-32-34-36-38-40-43-47-51-55-59-63-67-71-82-76(81)70-66-62-58-54-50-46-18-16-14-12-10-8-6-4-2/h10,12,16,18,22,24,73-74,78-79H,3-9,11,13-15,17,19-21,23,25-72H2,1-2H3,(H,77,80)/b12-10-,18-16-,24-22-. The Balaban J connectivity index is 3.34. The Bertz CT molecular complexity index is 1330. The SMILES string of the molecule is CCCC/C=C\C/C=C\CCCCCCCC(=O)OCCCCCCCCCCCCCCCC/C=C\CCCCCCCCCCCCCCCCCCCC(=O)NC(CO)C(O)CCCCCCCCCCCCCCCCCC. The fourth-order valence-electron chi connectivity index (χ4n) is 11.7. The molecule has 6 nitrogen and oxygen atoms in total. The Kier molecular flexibility index (Phi) is 69.9. The van der Waals surface area contributed by atoms with Gasteiger partial charge in [-0.2, -0.15) is 0 Å². The van der Waals surface area contributed by atoms with E-state index < -0.39 is 12.1 Å². The van der Waals surface area contributed by atoms with E-state index in [1.807, 2.05) is 0 Å². The van der Waals surface area contributed by atoms with Crippen LogP contribution < -0.4 is 5.32 Å². The summed E-state index contributed by atoms with van der Waals surface area (Å²) < 4.78 is 5.48. The smallest absolute Gasteiger partial charge is 0.305 e. The molecule has 2 unspecified atom stereocenters. The zero-order chi connectivity index (χ0) is 59.2. The van der Waals surface area contributed by atoms with E-state index in [1.165, 1.54) is 327 Å². The van der Waals surface area contributed by atoms with Crippen LogP contribution in [0.1, 0.15) is 412 Å². The molecule has 0 spiro atoms. The third kappa shape index (κ3) is 67.2. The van der Waals surface area contributed by atoms with E-state index in [0.29, 0.717) is 25.9 Å². The number of nitrogens with one attached hydrogen (secondary N) is 1. The highest BCUT2D eigenvalue weighted by molar-refractivity contribution is 5.76. The van der Waals surface area contributed by atoms with E-state index in [4.69, 9.17) is 4.74 Å². The normalized spacial score (nSPS) is 12.7. The van der Waals surface area contributed by atoms with E-state index in [1.54, 1.807) is 0 Å². The van der Waals surface area contributed by atoms with E-state index in [9.17, 15) is 19.8 Å². The van der Waals surface area contributed by atoms with E-state index in [2.05, 4.69) is 55.6 Å². The minimum absolute atomic E-state index is 0.00590. The molecular weight excluding hydrogens is 1010 g/mol. The number of hydrogen-bond donors (Lipinski definition) is 3. The van der Waals surface area contributed by atoms with Crippen LogP contribution in [0.2, 0.25) is 0 Å². The molecule has 1 amide bonds. The van der Waals surface area contributed by atoms with E-state index in [-0.39, 0.29) is 18.5 Å². The summed E-state index contributed by atoms with van der Waals surface area (Å²) in [5, 5.41) is 23.4. The van der Waals surface area contributed by atoms with Gasteiger partial charge in [-0.1, -0.05) is 359 Å². The van der Waals surface area contributed by atoms with Crippen LogP contribution >= 0.6 is 0 Å². The number of carbonyl (C=O) groups excluding carboxylic acids is 2. The predicted molar refractivity (Wildman–Crippen MR) is 361 cm³/mol. The molecule has 82 heavy (non-hydrogen) atoms. The third-order valence-electron chi connectivity index (χ3n) is 17.4. The number of aliphatic hydroxyl groups excluding tert-OH is 2. The van der Waals surface area contributed by atoms with Gasteiger partial charge in [0, 0.05) is 12.8 Å². The number of aliphatic hydroxyl groups is 2. The van der Waals surface area contributed by atoms with Crippen molar-refractivity contribution in [1.29, 1.82) is 0 Å². The third-order valence-corrected chi connectivity index (χ3v) is 17.4. The van der Waals surface area contributed by atoms with E-state index >= 15 is 0 Å². The first-order chi connectivity index (χ1) is 40.5. The van der Waals surface area contributed by atoms with Gasteiger partial charge in [0.15, 0.2) is 0 Å². The summed E-state index contributed by atoms with van der Waals surface area (Å²) in [6, 6.07) is -0.539. The highest BCUT2D eigenvalue weighted by atomic mass is 16.5. The highest BCUT2D eigenvalue weighted by Gasteiger charge is 2.20. The maximum atomic E-state index is 12.5. The molecule has 0 aliphatic carbocycles. The Morgan fingerprint density at radius 1 is 0.341 bits per heavy atom. The molecule has 484 valence electrons. The summed E-state index contributed by atoms with van der Waals surface area (Å²) in [6.07, 6.45) is 92.2. The average Bonchev–Trinajstić information content (AvgIpc) is 3.48. The van der Waals surface area contributed by atoms with Gasteiger partial charge in [0.05, 0.1) is 25.4 Å². The first kappa shape index (κ1) is 80.1. The van der Waals surface area contributed by atoms with Crippen LogP contribution in [0.15, 0.2) is 36.5 Å². The number of unbranched alkanes of at least 4 members (excludes halogenated alkanes) is 53. The second kappa shape index (κ2) is 71.6. The molecule has 0 aromatic rings. The lowest BCUT2D eigenvalue weighted by molar-refractivity contribution is -0.143. The molecule has 0 aliphatic heterocycles. The van der Waals surface area contributed by atoms with Gasteiger partial charge in [-0.15, -0.1) is 0 Å². The Hall–Kier alpha value is -1.92. The van der Waals surface area contributed by atoms with Crippen LogP contribution in [0.4, 0.5) is 0 Å². The molecule has 0 aromatic carbocycles. The van der Waals surface area contributed by atoms with Crippen molar-refractivity contribution >= 4 is 11.9 Å². The van der Waals surface area contributed by atoms with Crippen molar-refractivity contribution in [3.05, 3.63) is 36.5 Å². The van der Waals surface area contributed by atoms with Gasteiger partial charge in [-0.05, 0) is 77.0 Å². The molecule has 0 saturated heterocycles. The second-order valence-corrected chi connectivity index (χ2v) is 25.6. The quantitative estimate of drug-likeness (QED) is 0.0320. The molecule has 0 rings (SSSR count). The van der Waals surface area contributed by atoms with Gasteiger partial charge in [0.1, 0.15) is 0 Å². The monoisotopic (exact) mass is 1150 g/mol. The first-order valence-electron chi connectivity index (χ1n) is 37.2. The average molecular weight is 1150 g/mol. The second-order valence-electron chi connectivity index (χ2n) is 25.6. The minimum Gasteiger partial charge on any atom is -0.466 e. The summed E-state index contributed by atoms with van der Waals surface area (Å²) in [6.45, 7) is 4.94. The van der Waals surface area contributed by atoms with Crippen LogP contribution in [0.25, 0.3) is 0 Å². The van der Waals surface area contributed by atoms with Gasteiger partial charge in [-0.3, -0.25) is 9.59 Å². The topological polar surface area (TPSA) is 95.9 Å². The lowest BCUT2D eigenvalue weighted by atomic mass is 10.0. The van der Waals surface area contributed by atoms with Crippen LogP contribution in [0, 0.1) is 0 Å². The molecule has 0 bridgehead atoms. The summed E-state index contributed by atoms with van der Waals surface area (Å²) in [4.78, 5) is 24.6. The molecule has 0 saturated carbocycles. The first-order valence-corrected chi connectivity index (χ1v) is 37.2. The summed E-state index contributed by atoms with van der Waals surface area (Å²) >= 11 is 0. The fourth-order valence-corrected chi connectivity index (χ4v) is 11.7. The van der Waals surface area contributed by atoms with Crippen LogP contribution in [0.5, 0.6) is 0 Å². The summed E-state index contributed by atoms with van der Waals surface area (Å²) in [7, 11) is 0. The Morgan fingerprint density at radius 3 is 0.976 bits per heavy atom. The Labute approximate surface area is 513 Å². The van der Waals surface area contributed by atoms with Gasteiger partial charge in [-0.25, -0.2) is 0 Å². The van der Waals surface area contributed by atoms with Gasteiger partial charge in [0.2, 0.25) is 5.91 Å². The lowest BCUT2D eigenvalue weighted by Gasteiger charge is -2.22. The van der Waals surface area contributed by atoms with Crippen molar-refractivity contribution in [2.45, 2.75) is 424 Å². The fraction of sp³-hybridized carbons (Fsp3) is 0.895. The lowest BCUT2D eigenvalue weighted by Crippen LogP contribution is -2.45. The number of esters is 1. The molecule has 3 N–H and O–H groups in total. The number of amides is 1. The zero-order valence-electron chi connectivity index (χ0n) is 55.5. The van der Waals surface area contributed by atoms with Gasteiger partial charge >= 0.3 is 5.97 Å². The highest BCUT2D eigenvalue weighted by Crippen LogP contribution is 2.19. The van der Waals surface area contributed by atoms with Gasteiger partial charge in [0.25, 0.3) is 0 Å². The van der Waals surface area contributed by atoms with Crippen LogP contribution in [0.3, 0.4) is 0 Å². The van der Waals surface area contributed by atoms with Crippen molar-refractivity contribution in [2.24, 2.45) is 0 Å². The maximum Gasteiger partial charge on any atom is 0.305 e. The molecule has 0 fully saturated rings. The number of ether oxygens (including phenoxy) is 1. The molecule has 0 aliphatic rings.